The first-order chi connectivity index (χ1) is 14.9. The smallest absolute Gasteiger partial charge is 0.251 e. The van der Waals surface area contributed by atoms with Crippen LogP contribution in [-0.4, -0.2) is 30.7 Å². The lowest BCUT2D eigenvalue weighted by molar-refractivity contribution is -0.129. The van der Waals surface area contributed by atoms with E-state index in [4.69, 9.17) is 9.94 Å². The minimum Gasteiger partial charge on any atom is -0.497 e. The molecule has 3 N–H and O–H groups in total. The van der Waals surface area contributed by atoms with Crippen molar-refractivity contribution in [3.8, 4) is 5.75 Å². The molecule has 0 spiro atoms. The summed E-state index contributed by atoms with van der Waals surface area (Å²) < 4.78 is 46.9. The number of ether oxygens (including phenoxy) is 1. The second-order valence-electron chi connectivity index (χ2n) is 6.64. The summed E-state index contributed by atoms with van der Waals surface area (Å²) in [4.78, 5) is 23.7. The molecule has 0 aromatic heterocycles. The zero-order valence-electron chi connectivity index (χ0n) is 16.9. The minimum absolute atomic E-state index is 0.0503. The molecule has 0 radical (unpaired) electrons. The number of hydrogen-bond donors (Lipinski definition) is 3. The zero-order valence-corrected chi connectivity index (χ0v) is 16.9. The Labute approximate surface area is 177 Å². The summed E-state index contributed by atoms with van der Waals surface area (Å²) in [7, 11) is 1.47. The number of carbonyl (C=O) groups is 2. The lowest BCUT2D eigenvalue weighted by atomic mass is 10.0. The van der Waals surface area contributed by atoms with Crippen molar-refractivity contribution in [3.05, 3.63) is 65.0 Å². The third-order valence-electron chi connectivity index (χ3n) is 4.50. The fraction of sp³-hybridized carbons (Fsp3) is 0.273. The van der Waals surface area contributed by atoms with Crippen LogP contribution in [0.5, 0.6) is 5.75 Å². The number of amides is 2. The highest BCUT2D eigenvalue weighted by atomic mass is 19.2. The number of unbranched alkanes of at least 4 members (excludes halogenated alkanes) is 2. The van der Waals surface area contributed by atoms with E-state index in [-0.39, 0.29) is 18.5 Å². The molecule has 0 bridgehead atoms. The first kappa shape index (κ1) is 23.9. The van der Waals surface area contributed by atoms with Crippen LogP contribution in [0.3, 0.4) is 0 Å². The van der Waals surface area contributed by atoms with Crippen LogP contribution >= 0.6 is 0 Å². The average molecular weight is 436 g/mol. The van der Waals surface area contributed by atoms with E-state index < -0.39 is 34.8 Å². The predicted molar refractivity (Wildman–Crippen MR) is 109 cm³/mol. The van der Waals surface area contributed by atoms with Crippen molar-refractivity contribution in [1.29, 1.82) is 0 Å². The van der Waals surface area contributed by atoms with Crippen molar-refractivity contribution in [2.75, 3.05) is 13.7 Å². The first-order valence-electron chi connectivity index (χ1n) is 9.58. The second kappa shape index (κ2) is 11.8. The lowest BCUT2D eigenvalue weighted by Crippen LogP contribution is -2.25. The molecule has 0 saturated carbocycles. The summed E-state index contributed by atoms with van der Waals surface area (Å²) in [5.41, 5.74) is 1.19. The van der Waals surface area contributed by atoms with Crippen molar-refractivity contribution < 1.29 is 32.7 Å². The van der Waals surface area contributed by atoms with Crippen LogP contribution in [0.2, 0.25) is 0 Å². The Bertz CT molecular complexity index is 947. The Morgan fingerprint density at radius 3 is 2.32 bits per heavy atom. The highest BCUT2D eigenvalue weighted by Gasteiger charge is 2.17. The number of nitrogens with one attached hydrogen (secondary N) is 2. The van der Waals surface area contributed by atoms with E-state index in [0.717, 1.165) is 12.1 Å². The zero-order chi connectivity index (χ0) is 22.8. The molecule has 0 atom stereocenters. The number of carbonyl (C=O) groups excluding carboxylic acids is 2. The van der Waals surface area contributed by atoms with Gasteiger partial charge in [-0.2, -0.15) is 0 Å². The van der Waals surface area contributed by atoms with Crippen molar-refractivity contribution >= 4 is 23.5 Å². The molecule has 0 heterocycles. The monoisotopic (exact) mass is 436 g/mol. The normalized spacial score (nSPS) is 11.2. The lowest BCUT2D eigenvalue weighted by Gasteiger charge is -2.11. The quantitative estimate of drug-likeness (QED) is 0.132. The second-order valence-corrected chi connectivity index (χ2v) is 6.64. The number of halogens is 3. The maximum Gasteiger partial charge on any atom is 0.251 e. The number of hydrogen-bond acceptors (Lipinski definition) is 4. The van der Waals surface area contributed by atoms with Gasteiger partial charge in [0.05, 0.1) is 7.11 Å². The van der Waals surface area contributed by atoms with Crippen LogP contribution in [0.4, 0.5) is 13.2 Å². The molecule has 0 aliphatic heterocycles. The van der Waals surface area contributed by atoms with Gasteiger partial charge in [0.1, 0.15) is 11.6 Å². The van der Waals surface area contributed by atoms with Crippen LogP contribution in [0, 0.1) is 17.5 Å². The van der Waals surface area contributed by atoms with Crippen molar-refractivity contribution in [2.45, 2.75) is 25.7 Å². The molecule has 6 nitrogen and oxygen atoms in total. The number of benzene rings is 2. The average Bonchev–Trinajstić information content (AvgIpc) is 2.78. The van der Waals surface area contributed by atoms with Gasteiger partial charge < -0.3 is 10.1 Å². The fourth-order valence-corrected chi connectivity index (χ4v) is 2.81. The number of methoxy groups -OCH3 is 1. The summed E-state index contributed by atoms with van der Waals surface area (Å²) in [6.07, 6.45) is 2.80. The molecule has 2 aromatic rings. The van der Waals surface area contributed by atoms with Crippen molar-refractivity contribution in [2.24, 2.45) is 0 Å². The summed E-state index contributed by atoms with van der Waals surface area (Å²) in [5, 5.41) is 11.1. The number of hydroxylamine groups is 1. The molecule has 0 aliphatic carbocycles. The molecule has 2 amide bonds. The van der Waals surface area contributed by atoms with Gasteiger partial charge in [-0.1, -0.05) is 18.6 Å². The van der Waals surface area contributed by atoms with E-state index in [2.05, 4.69) is 5.32 Å². The molecular weight excluding hydrogens is 413 g/mol. The predicted octanol–water partition coefficient (Wildman–Crippen LogP) is 3.84. The van der Waals surface area contributed by atoms with Gasteiger partial charge in [-0.3, -0.25) is 14.8 Å². The molecular formula is C22H23F3N2O4. The first-order valence-corrected chi connectivity index (χ1v) is 9.58. The van der Waals surface area contributed by atoms with Gasteiger partial charge >= 0.3 is 0 Å². The summed E-state index contributed by atoms with van der Waals surface area (Å²) in [6.45, 7) is 0.251. The largest absolute Gasteiger partial charge is 0.497 e. The minimum atomic E-state index is -1.39. The summed E-state index contributed by atoms with van der Waals surface area (Å²) in [5.74, 6) is -4.18. The van der Waals surface area contributed by atoms with E-state index in [1.165, 1.54) is 12.6 Å². The number of rotatable bonds is 10. The third kappa shape index (κ3) is 6.85. The van der Waals surface area contributed by atoms with Crippen LogP contribution < -0.4 is 15.5 Å². The molecule has 166 valence electrons. The van der Waals surface area contributed by atoms with E-state index in [1.807, 2.05) is 0 Å². The van der Waals surface area contributed by atoms with Crippen LogP contribution in [0.15, 0.2) is 36.4 Å². The Balaban J connectivity index is 2.19. The Morgan fingerprint density at radius 1 is 1.00 bits per heavy atom. The highest BCUT2D eigenvalue weighted by molar-refractivity contribution is 6.24. The molecule has 0 fully saturated rings. The van der Waals surface area contributed by atoms with Gasteiger partial charge in [-0.25, -0.2) is 18.7 Å². The molecule has 0 aliphatic rings. The van der Waals surface area contributed by atoms with E-state index in [0.29, 0.717) is 36.6 Å². The van der Waals surface area contributed by atoms with E-state index in [1.54, 1.807) is 24.3 Å². The van der Waals surface area contributed by atoms with Gasteiger partial charge in [0, 0.05) is 24.1 Å². The van der Waals surface area contributed by atoms with E-state index in [9.17, 15) is 22.8 Å². The molecule has 2 aromatic carbocycles. The molecule has 0 saturated heterocycles. The standard InChI is InChI=1S/C22H23F3N2O4/c1-31-15-8-6-14(7-9-15)16(13-17-18(23)10-11-19(24)21(17)25)22(29)26-12-4-2-3-5-20(28)27-30/h6-11,13,30H,2-5,12H2,1H3,(H,26,29)(H,27,28)/b16-13+. The summed E-state index contributed by atoms with van der Waals surface area (Å²) in [6, 6.07) is 7.73. The maximum atomic E-state index is 14.1. The SMILES string of the molecule is COc1ccc(/C(=C\c2c(F)ccc(F)c2F)C(=O)NCCCCCC(=O)NO)cc1. The maximum absolute atomic E-state index is 14.1. The van der Waals surface area contributed by atoms with E-state index >= 15 is 0 Å². The van der Waals surface area contributed by atoms with Crippen LogP contribution in [0.1, 0.15) is 36.8 Å². The van der Waals surface area contributed by atoms with Gasteiger partial charge in [-0.15, -0.1) is 0 Å². The van der Waals surface area contributed by atoms with Gasteiger partial charge in [0.2, 0.25) is 5.91 Å². The van der Waals surface area contributed by atoms with Gasteiger partial charge in [0.15, 0.2) is 11.6 Å². The van der Waals surface area contributed by atoms with Crippen molar-refractivity contribution in [1.82, 2.24) is 10.8 Å². The van der Waals surface area contributed by atoms with Crippen LogP contribution in [-0.2, 0) is 9.59 Å². The van der Waals surface area contributed by atoms with Crippen LogP contribution in [0.25, 0.3) is 11.6 Å². The molecule has 0 unspecified atom stereocenters. The third-order valence-corrected chi connectivity index (χ3v) is 4.50. The molecule has 2 rings (SSSR count). The Hall–Kier alpha value is -3.33. The van der Waals surface area contributed by atoms with Crippen molar-refractivity contribution in [3.63, 3.8) is 0 Å². The van der Waals surface area contributed by atoms with Gasteiger partial charge in [0.25, 0.3) is 5.91 Å². The molecule has 31 heavy (non-hydrogen) atoms. The fourth-order valence-electron chi connectivity index (χ4n) is 2.81. The Kier molecular flexibility index (Phi) is 9.08. The summed E-state index contributed by atoms with van der Waals surface area (Å²) >= 11 is 0. The topological polar surface area (TPSA) is 87.7 Å². The van der Waals surface area contributed by atoms with Gasteiger partial charge in [-0.05, 0) is 48.7 Å². The molecule has 9 heteroatoms. The highest BCUT2D eigenvalue weighted by Crippen LogP contribution is 2.25. The Morgan fingerprint density at radius 2 is 1.68 bits per heavy atom.